The summed E-state index contributed by atoms with van der Waals surface area (Å²) in [5.41, 5.74) is 3.74. The Bertz CT molecular complexity index is 621. The normalized spacial score (nSPS) is 15.1. The van der Waals surface area contributed by atoms with Crippen molar-refractivity contribution in [3.8, 4) is 0 Å². The monoisotopic (exact) mass is 268 g/mol. The van der Waals surface area contributed by atoms with Crippen molar-refractivity contribution in [1.29, 1.82) is 0 Å². The van der Waals surface area contributed by atoms with Gasteiger partial charge in [0, 0.05) is 12.6 Å². The molecule has 3 heteroatoms. The third-order valence-electron chi connectivity index (χ3n) is 4.27. The highest BCUT2D eigenvalue weighted by Gasteiger charge is 2.20. The first kappa shape index (κ1) is 13.1. The van der Waals surface area contributed by atoms with Gasteiger partial charge < -0.3 is 0 Å². The third kappa shape index (κ3) is 2.28. The van der Waals surface area contributed by atoms with E-state index in [1.165, 1.54) is 24.8 Å². The predicted molar refractivity (Wildman–Crippen MR) is 79.1 cm³/mol. The lowest BCUT2D eigenvalue weighted by molar-refractivity contribution is 0.103. The maximum atomic E-state index is 12.5. The van der Waals surface area contributed by atoms with Gasteiger partial charge >= 0.3 is 0 Å². The number of benzene rings is 1. The molecule has 1 aromatic heterocycles. The van der Waals surface area contributed by atoms with Crippen LogP contribution in [0.4, 0.5) is 0 Å². The zero-order valence-electron chi connectivity index (χ0n) is 12.1. The SMILES string of the molecule is CCc1cc(C(=O)c2ccc(C3CCC3)cc2)n(C)n1. The van der Waals surface area contributed by atoms with Gasteiger partial charge in [-0.15, -0.1) is 0 Å². The van der Waals surface area contributed by atoms with E-state index in [-0.39, 0.29) is 5.78 Å². The largest absolute Gasteiger partial charge is 0.287 e. The van der Waals surface area contributed by atoms with Crippen LogP contribution < -0.4 is 0 Å². The summed E-state index contributed by atoms with van der Waals surface area (Å²) < 4.78 is 1.68. The lowest BCUT2D eigenvalue weighted by atomic mass is 9.80. The summed E-state index contributed by atoms with van der Waals surface area (Å²) in [7, 11) is 1.83. The van der Waals surface area contributed by atoms with E-state index in [0.29, 0.717) is 11.6 Å². The molecular formula is C17H20N2O. The van der Waals surface area contributed by atoms with E-state index in [0.717, 1.165) is 17.7 Å². The molecule has 2 aromatic rings. The second-order valence-electron chi connectivity index (χ2n) is 5.58. The maximum absolute atomic E-state index is 12.5. The Kier molecular flexibility index (Phi) is 3.43. The van der Waals surface area contributed by atoms with Gasteiger partial charge in [-0.1, -0.05) is 37.6 Å². The lowest BCUT2D eigenvalue weighted by Crippen LogP contribution is -2.10. The molecule has 0 bridgehead atoms. The Morgan fingerprint density at radius 2 is 2.00 bits per heavy atom. The molecule has 1 heterocycles. The second-order valence-corrected chi connectivity index (χ2v) is 5.58. The predicted octanol–water partition coefficient (Wildman–Crippen LogP) is 3.48. The highest BCUT2D eigenvalue weighted by Crippen LogP contribution is 2.36. The summed E-state index contributed by atoms with van der Waals surface area (Å²) in [6, 6.07) is 10.0. The molecule has 0 N–H and O–H groups in total. The van der Waals surface area contributed by atoms with Crippen LogP contribution in [-0.2, 0) is 13.5 Å². The minimum Gasteiger partial charge on any atom is -0.287 e. The number of ketones is 1. The molecule has 1 aromatic carbocycles. The summed E-state index contributed by atoms with van der Waals surface area (Å²) in [6.07, 6.45) is 4.76. The zero-order valence-corrected chi connectivity index (χ0v) is 12.1. The van der Waals surface area contributed by atoms with Gasteiger partial charge in [-0.05, 0) is 36.8 Å². The van der Waals surface area contributed by atoms with Crippen molar-refractivity contribution in [1.82, 2.24) is 9.78 Å². The van der Waals surface area contributed by atoms with Gasteiger partial charge in [-0.2, -0.15) is 5.10 Å². The van der Waals surface area contributed by atoms with Crippen LogP contribution >= 0.6 is 0 Å². The number of rotatable bonds is 4. The summed E-state index contributed by atoms with van der Waals surface area (Å²) in [6.45, 7) is 2.05. The summed E-state index contributed by atoms with van der Waals surface area (Å²) >= 11 is 0. The van der Waals surface area contributed by atoms with Crippen molar-refractivity contribution in [2.24, 2.45) is 7.05 Å². The number of carbonyl (C=O) groups excluding carboxylic acids is 1. The van der Waals surface area contributed by atoms with Gasteiger partial charge in [0.25, 0.3) is 0 Å². The van der Waals surface area contributed by atoms with E-state index in [1.807, 2.05) is 32.2 Å². The molecule has 104 valence electrons. The van der Waals surface area contributed by atoms with Crippen molar-refractivity contribution in [2.45, 2.75) is 38.5 Å². The van der Waals surface area contributed by atoms with E-state index in [4.69, 9.17) is 0 Å². The van der Waals surface area contributed by atoms with Crippen LogP contribution in [0.5, 0.6) is 0 Å². The van der Waals surface area contributed by atoms with Gasteiger partial charge in [-0.25, -0.2) is 0 Å². The van der Waals surface area contributed by atoms with E-state index < -0.39 is 0 Å². The Hall–Kier alpha value is -1.90. The molecule has 1 aliphatic carbocycles. The Morgan fingerprint density at radius 3 is 2.50 bits per heavy atom. The fraction of sp³-hybridized carbons (Fsp3) is 0.412. The first-order valence-corrected chi connectivity index (χ1v) is 7.36. The molecular weight excluding hydrogens is 248 g/mol. The number of hydrogen-bond donors (Lipinski definition) is 0. The molecule has 1 fully saturated rings. The molecule has 0 amide bonds. The molecule has 0 spiro atoms. The molecule has 1 saturated carbocycles. The minimum absolute atomic E-state index is 0.0554. The highest BCUT2D eigenvalue weighted by molar-refractivity contribution is 6.07. The molecule has 20 heavy (non-hydrogen) atoms. The van der Waals surface area contributed by atoms with Gasteiger partial charge in [0.1, 0.15) is 5.69 Å². The number of carbonyl (C=O) groups is 1. The summed E-state index contributed by atoms with van der Waals surface area (Å²) in [5.74, 6) is 0.766. The number of nitrogens with zero attached hydrogens (tertiary/aromatic N) is 2. The standard InChI is InChI=1S/C17H20N2O/c1-3-15-11-16(19(2)18-15)17(20)14-9-7-13(8-10-14)12-5-4-6-12/h7-12H,3-6H2,1-2H3. The molecule has 1 aliphatic rings. The van der Waals surface area contributed by atoms with Crippen molar-refractivity contribution >= 4 is 5.78 Å². The fourth-order valence-electron chi connectivity index (χ4n) is 2.71. The van der Waals surface area contributed by atoms with Crippen molar-refractivity contribution in [3.05, 3.63) is 52.8 Å². The van der Waals surface area contributed by atoms with E-state index >= 15 is 0 Å². The van der Waals surface area contributed by atoms with Crippen LogP contribution in [0.3, 0.4) is 0 Å². The first-order valence-electron chi connectivity index (χ1n) is 7.36. The molecule has 0 atom stereocenters. The van der Waals surface area contributed by atoms with Gasteiger partial charge in [-0.3, -0.25) is 9.48 Å². The van der Waals surface area contributed by atoms with E-state index in [2.05, 4.69) is 17.2 Å². The van der Waals surface area contributed by atoms with Crippen LogP contribution in [0, 0.1) is 0 Å². The van der Waals surface area contributed by atoms with Gasteiger partial charge in [0.05, 0.1) is 5.69 Å². The second kappa shape index (κ2) is 5.23. The molecule has 0 saturated heterocycles. The van der Waals surface area contributed by atoms with E-state index in [9.17, 15) is 4.79 Å². The number of aryl methyl sites for hydroxylation is 2. The van der Waals surface area contributed by atoms with Crippen LogP contribution in [0.1, 0.15) is 59.4 Å². The Labute approximate surface area is 119 Å². The average molecular weight is 268 g/mol. The topological polar surface area (TPSA) is 34.9 Å². The van der Waals surface area contributed by atoms with Crippen LogP contribution in [0.15, 0.2) is 30.3 Å². The molecule has 3 rings (SSSR count). The third-order valence-corrected chi connectivity index (χ3v) is 4.27. The van der Waals surface area contributed by atoms with Crippen LogP contribution in [0.2, 0.25) is 0 Å². The average Bonchev–Trinajstić information content (AvgIpc) is 2.78. The smallest absolute Gasteiger partial charge is 0.211 e. The summed E-state index contributed by atoms with van der Waals surface area (Å²) in [4.78, 5) is 12.5. The van der Waals surface area contributed by atoms with Gasteiger partial charge in [0.15, 0.2) is 0 Å². The lowest BCUT2D eigenvalue weighted by Gasteiger charge is -2.25. The zero-order chi connectivity index (χ0) is 14.1. The number of aromatic nitrogens is 2. The van der Waals surface area contributed by atoms with Gasteiger partial charge in [0.2, 0.25) is 5.78 Å². The maximum Gasteiger partial charge on any atom is 0.211 e. The molecule has 0 unspecified atom stereocenters. The van der Waals surface area contributed by atoms with E-state index in [1.54, 1.807) is 4.68 Å². The first-order chi connectivity index (χ1) is 9.69. The minimum atomic E-state index is 0.0554. The molecule has 3 nitrogen and oxygen atoms in total. The van der Waals surface area contributed by atoms with Crippen LogP contribution in [0.25, 0.3) is 0 Å². The quantitative estimate of drug-likeness (QED) is 0.796. The molecule has 0 radical (unpaired) electrons. The highest BCUT2D eigenvalue weighted by atomic mass is 16.1. The van der Waals surface area contributed by atoms with Crippen molar-refractivity contribution in [3.63, 3.8) is 0 Å². The van der Waals surface area contributed by atoms with Crippen molar-refractivity contribution < 1.29 is 4.79 Å². The van der Waals surface area contributed by atoms with Crippen molar-refractivity contribution in [2.75, 3.05) is 0 Å². The number of hydrogen-bond acceptors (Lipinski definition) is 2. The summed E-state index contributed by atoms with van der Waals surface area (Å²) in [5, 5.41) is 4.34. The Balaban J connectivity index is 1.84. The molecule has 0 aliphatic heterocycles. The Morgan fingerprint density at radius 1 is 1.30 bits per heavy atom. The van der Waals surface area contributed by atoms with Crippen LogP contribution in [-0.4, -0.2) is 15.6 Å². The fourth-order valence-corrected chi connectivity index (χ4v) is 2.71.